The summed E-state index contributed by atoms with van der Waals surface area (Å²) in [4.78, 5) is 10.7. The van der Waals surface area contributed by atoms with Crippen molar-refractivity contribution < 1.29 is 23.8 Å². The van der Waals surface area contributed by atoms with E-state index < -0.39 is 23.7 Å². The SMILES string of the molecule is Cc1cc(-c2cc(C(=O)O)[nH]n2)c(O)c(C(F)F)c1. The van der Waals surface area contributed by atoms with Crippen LogP contribution in [0.15, 0.2) is 18.2 Å². The molecule has 0 aliphatic carbocycles. The number of carbonyl (C=O) groups is 1. The second-order valence-electron chi connectivity index (χ2n) is 4.02. The Hall–Kier alpha value is -2.44. The van der Waals surface area contributed by atoms with E-state index >= 15 is 0 Å². The molecule has 1 aromatic heterocycles. The second kappa shape index (κ2) is 4.68. The van der Waals surface area contributed by atoms with Gasteiger partial charge in [0.15, 0.2) is 0 Å². The number of aromatic hydroxyl groups is 1. The lowest BCUT2D eigenvalue weighted by Gasteiger charge is -2.09. The maximum absolute atomic E-state index is 12.8. The van der Waals surface area contributed by atoms with E-state index in [0.717, 1.165) is 0 Å². The summed E-state index contributed by atoms with van der Waals surface area (Å²) >= 11 is 0. The highest BCUT2D eigenvalue weighted by Gasteiger charge is 2.19. The van der Waals surface area contributed by atoms with Crippen molar-refractivity contribution in [3.63, 3.8) is 0 Å². The highest BCUT2D eigenvalue weighted by molar-refractivity contribution is 5.87. The summed E-state index contributed by atoms with van der Waals surface area (Å²) < 4.78 is 25.5. The van der Waals surface area contributed by atoms with Crippen LogP contribution >= 0.6 is 0 Å². The number of aromatic amines is 1. The van der Waals surface area contributed by atoms with Crippen LogP contribution in [0, 0.1) is 6.92 Å². The van der Waals surface area contributed by atoms with Crippen LogP contribution in [0.2, 0.25) is 0 Å². The summed E-state index contributed by atoms with van der Waals surface area (Å²) in [5.74, 6) is -1.82. The van der Waals surface area contributed by atoms with Gasteiger partial charge in [-0.3, -0.25) is 5.10 Å². The number of rotatable bonds is 3. The van der Waals surface area contributed by atoms with Crippen LogP contribution in [0.4, 0.5) is 8.78 Å². The van der Waals surface area contributed by atoms with Gasteiger partial charge in [-0.1, -0.05) is 0 Å². The summed E-state index contributed by atoms with van der Waals surface area (Å²) in [6.07, 6.45) is -2.82. The van der Waals surface area contributed by atoms with Crippen molar-refractivity contribution in [3.8, 4) is 17.0 Å². The summed E-state index contributed by atoms with van der Waals surface area (Å²) in [6, 6.07) is 3.81. The Morgan fingerprint density at radius 3 is 2.58 bits per heavy atom. The number of phenols is 1. The van der Waals surface area contributed by atoms with Crippen molar-refractivity contribution in [1.82, 2.24) is 10.2 Å². The highest BCUT2D eigenvalue weighted by Crippen LogP contribution is 2.37. The first kappa shape index (κ1) is 13.0. The molecule has 0 unspecified atom stereocenters. The molecule has 0 saturated carbocycles. The molecule has 0 saturated heterocycles. The van der Waals surface area contributed by atoms with Crippen molar-refractivity contribution in [1.29, 1.82) is 0 Å². The lowest BCUT2D eigenvalue weighted by atomic mass is 10.0. The summed E-state index contributed by atoms with van der Waals surface area (Å²) in [6.45, 7) is 1.60. The normalized spacial score (nSPS) is 10.9. The minimum atomic E-state index is -2.82. The quantitative estimate of drug-likeness (QED) is 0.798. The van der Waals surface area contributed by atoms with Crippen LogP contribution in [0.5, 0.6) is 5.75 Å². The third-order valence-electron chi connectivity index (χ3n) is 2.60. The first-order valence-corrected chi connectivity index (χ1v) is 5.31. The van der Waals surface area contributed by atoms with Crippen molar-refractivity contribution in [3.05, 3.63) is 35.0 Å². The largest absolute Gasteiger partial charge is 0.507 e. The molecule has 3 N–H and O–H groups in total. The zero-order valence-electron chi connectivity index (χ0n) is 9.82. The molecule has 0 spiro atoms. The number of aryl methyl sites for hydroxylation is 1. The number of phenolic OH excluding ortho intramolecular Hbond substituents is 1. The monoisotopic (exact) mass is 268 g/mol. The number of carboxylic acid groups (broad SMARTS) is 1. The number of aromatic carboxylic acids is 1. The van der Waals surface area contributed by atoms with E-state index in [1.165, 1.54) is 18.2 Å². The molecule has 1 heterocycles. The number of nitrogens with one attached hydrogen (secondary N) is 1. The number of hydrogen-bond acceptors (Lipinski definition) is 3. The molecule has 0 radical (unpaired) electrons. The maximum atomic E-state index is 12.8. The number of carboxylic acids is 1. The van der Waals surface area contributed by atoms with Gasteiger partial charge in [0.1, 0.15) is 11.4 Å². The molecule has 2 aromatic rings. The van der Waals surface area contributed by atoms with E-state index in [1.807, 2.05) is 0 Å². The molecule has 0 amide bonds. The predicted molar refractivity (Wildman–Crippen MR) is 62.3 cm³/mol. The molecular formula is C12H10F2N2O3. The molecule has 5 nitrogen and oxygen atoms in total. The molecule has 0 aliphatic heterocycles. The molecule has 0 aliphatic rings. The zero-order chi connectivity index (χ0) is 14.2. The summed E-state index contributed by atoms with van der Waals surface area (Å²) in [5.41, 5.74) is -0.00750. The van der Waals surface area contributed by atoms with Gasteiger partial charge in [-0.25, -0.2) is 13.6 Å². The van der Waals surface area contributed by atoms with E-state index in [-0.39, 0.29) is 17.0 Å². The maximum Gasteiger partial charge on any atom is 0.353 e. The van der Waals surface area contributed by atoms with Crippen LogP contribution in [0.25, 0.3) is 11.3 Å². The van der Waals surface area contributed by atoms with Gasteiger partial charge in [-0.2, -0.15) is 5.10 Å². The minimum Gasteiger partial charge on any atom is -0.507 e. The molecule has 7 heteroatoms. The Bertz CT molecular complexity index is 638. The number of hydrogen-bond donors (Lipinski definition) is 3. The van der Waals surface area contributed by atoms with E-state index in [2.05, 4.69) is 10.2 Å². The van der Waals surface area contributed by atoms with Gasteiger partial charge in [-0.05, 0) is 30.7 Å². The van der Waals surface area contributed by atoms with Gasteiger partial charge in [0.05, 0.1) is 11.3 Å². The van der Waals surface area contributed by atoms with Gasteiger partial charge in [-0.15, -0.1) is 0 Å². The number of benzene rings is 1. The topological polar surface area (TPSA) is 86.2 Å². The highest BCUT2D eigenvalue weighted by atomic mass is 19.3. The molecule has 0 atom stereocenters. The Labute approximate surface area is 106 Å². The van der Waals surface area contributed by atoms with Gasteiger partial charge in [0, 0.05) is 5.56 Å². The number of halogens is 2. The number of nitrogens with zero attached hydrogens (tertiary/aromatic N) is 1. The van der Waals surface area contributed by atoms with Gasteiger partial charge < -0.3 is 10.2 Å². The fourth-order valence-corrected chi connectivity index (χ4v) is 1.74. The minimum absolute atomic E-state index is 0.0686. The molecule has 1 aromatic carbocycles. The van der Waals surface area contributed by atoms with Crippen LogP contribution in [-0.2, 0) is 0 Å². The van der Waals surface area contributed by atoms with E-state index in [1.54, 1.807) is 6.92 Å². The zero-order valence-corrected chi connectivity index (χ0v) is 9.82. The fourth-order valence-electron chi connectivity index (χ4n) is 1.74. The lowest BCUT2D eigenvalue weighted by molar-refractivity contribution is 0.0690. The van der Waals surface area contributed by atoms with E-state index in [0.29, 0.717) is 5.56 Å². The van der Waals surface area contributed by atoms with Crippen molar-refractivity contribution in [2.75, 3.05) is 0 Å². The Morgan fingerprint density at radius 2 is 2.05 bits per heavy atom. The molecule has 0 bridgehead atoms. The molecule has 2 rings (SSSR count). The van der Waals surface area contributed by atoms with Crippen molar-refractivity contribution in [2.45, 2.75) is 13.3 Å². The predicted octanol–water partition coefficient (Wildman–Crippen LogP) is 2.73. The second-order valence-corrected chi connectivity index (χ2v) is 4.02. The van der Waals surface area contributed by atoms with Crippen molar-refractivity contribution >= 4 is 5.97 Å². The lowest BCUT2D eigenvalue weighted by Crippen LogP contribution is -1.95. The van der Waals surface area contributed by atoms with Gasteiger partial charge >= 0.3 is 5.97 Å². The van der Waals surface area contributed by atoms with E-state index in [9.17, 15) is 18.7 Å². The smallest absolute Gasteiger partial charge is 0.353 e. The van der Waals surface area contributed by atoms with Crippen LogP contribution < -0.4 is 0 Å². The standard InChI is InChI=1S/C12H10F2N2O3/c1-5-2-6(10(17)7(3-5)11(13)14)8-4-9(12(18)19)16-15-8/h2-4,11,17H,1H3,(H,15,16)(H,18,19). The first-order valence-electron chi connectivity index (χ1n) is 5.31. The number of aromatic nitrogens is 2. The Kier molecular flexibility index (Phi) is 3.20. The van der Waals surface area contributed by atoms with Gasteiger partial charge in [0.2, 0.25) is 0 Å². The number of H-pyrrole nitrogens is 1. The number of alkyl halides is 2. The average Bonchev–Trinajstić information content (AvgIpc) is 2.80. The Morgan fingerprint density at radius 1 is 1.37 bits per heavy atom. The van der Waals surface area contributed by atoms with Crippen molar-refractivity contribution in [2.24, 2.45) is 0 Å². The third-order valence-corrected chi connectivity index (χ3v) is 2.60. The summed E-state index contributed by atoms with van der Waals surface area (Å²) in [5, 5.41) is 24.5. The van der Waals surface area contributed by atoms with Crippen LogP contribution in [0.1, 0.15) is 28.0 Å². The summed E-state index contributed by atoms with van der Waals surface area (Å²) in [7, 11) is 0. The Balaban J connectivity index is 2.58. The van der Waals surface area contributed by atoms with Gasteiger partial charge in [0.25, 0.3) is 6.43 Å². The van der Waals surface area contributed by atoms with Crippen LogP contribution in [0.3, 0.4) is 0 Å². The fraction of sp³-hybridized carbons (Fsp3) is 0.167. The first-order chi connectivity index (χ1) is 8.90. The van der Waals surface area contributed by atoms with E-state index in [4.69, 9.17) is 5.11 Å². The molecule has 0 fully saturated rings. The molecular weight excluding hydrogens is 258 g/mol. The average molecular weight is 268 g/mol. The molecule has 100 valence electrons. The van der Waals surface area contributed by atoms with Crippen LogP contribution in [-0.4, -0.2) is 26.4 Å². The third kappa shape index (κ3) is 2.40. The molecule has 19 heavy (non-hydrogen) atoms.